The van der Waals surface area contributed by atoms with Crippen molar-refractivity contribution in [3.05, 3.63) is 18.3 Å². The Labute approximate surface area is 129 Å². The Hall–Kier alpha value is -1.89. The van der Waals surface area contributed by atoms with E-state index in [2.05, 4.69) is 10.2 Å². The molecule has 2 aliphatic rings. The van der Waals surface area contributed by atoms with Gasteiger partial charge in [0.2, 0.25) is 5.88 Å². The van der Waals surface area contributed by atoms with Crippen molar-refractivity contribution in [1.29, 1.82) is 0 Å². The van der Waals surface area contributed by atoms with E-state index in [0.717, 1.165) is 25.7 Å². The lowest BCUT2D eigenvalue weighted by molar-refractivity contribution is -0.0175. The van der Waals surface area contributed by atoms with Gasteiger partial charge in [-0.25, -0.2) is 4.79 Å². The molecule has 0 aliphatic carbocycles. The van der Waals surface area contributed by atoms with Crippen molar-refractivity contribution in [3.8, 4) is 5.88 Å². The standard InChI is InChI=1S/C15H21N3O4/c19-15(22-12-5-9-20-10-6-12)18-8-2-3-13(11-18)21-14-4-1-7-16-17-14/h1,4,7,12-13H,2-3,5-6,8-11H2. The second kappa shape index (κ2) is 7.40. The fourth-order valence-corrected chi connectivity index (χ4v) is 2.73. The average molecular weight is 307 g/mol. The summed E-state index contributed by atoms with van der Waals surface area (Å²) in [6.45, 7) is 2.56. The van der Waals surface area contributed by atoms with E-state index < -0.39 is 0 Å². The highest BCUT2D eigenvalue weighted by Crippen LogP contribution is 2.18. The first-order valence-corrected chi connectivity index (χ1v) is 7.79. The summed E-state index contributed by atoms with van der Waals surface area (Å²) >= 11 is 0. The van der Waals surface area contributed by atoms with Gasteiger partial charge in [-0.2, -0.15) is 5.10 Å². The fourth-order valence-electron chi connectivity index (χ4n) is 2.73. The number of amides is 1. The molecule has 3 heterocycles. The van der Waals surface area contributed by atoms with Crippen LogP contribution >= 0.6 is 0 Å². The number of hydrogen-bond donors (Lipinski definition) is 0. The van der Waals surface area contributed by atoms with Gasteiger partial charge in [-0.15, -0.1) is 5.10 Å². The smallest absolute Gasteiger partial charge is 0.410 e. The highest BCUT2D eigenvalue weighted by atomic mass is 16.6. The summed E-state index contributed by atoms with van der Waals surface area (Å²) in [7, 11) is 0. The third kappa shape index (κ3) is 4.07. The molecule has 7 heteroatoms. The number of carbonyl (C=O) groups excluding carboxylic acids is 1. The molecule has 1 atom stereocenters. The van der Waals surface area contributed by atoms with Gasteiger partial charge in [0, 0.05) is 31.6 Å². The van der Waals surface area contributed by atoms with Gasteiger partial charge in [0.15, 0.2) is 0 Å². The van der Waals surface area contributed by atoms with Gasteiger partial charge in [-0.1, -0.05) is 0 Å². The van der Waals surface area contributed by atoms with E-state index in [1.165, 1.54) is 0 Å². The summed E-state index contributed by atoms with van der Waals surface area (Å²) in [6.07, 6.45) is 4.61. The van der Waals surface area contributed by atoms with Crippen LogP contribution in [0.2, 0.25) is 0 Å². The Morgan fingerprint density at radius 3 is 2.91 bits per heavy atom. The van der Waals surface area contributed by atoms with Crippen LogP contribution in [0, 0.1) is 0 Å². The molecular weight excluding hydrogens is 286 g/mol. The Morgan fingerprint density at radius 2 is 2.14 bits per heavy atom. The highest BCUT2D eigenvalue weighted by molar-refractivity contribution is 5.68. The number of ether oxygens (including phenoxy) is 3. The summed E-state index contributed by atoms with van der Waals surface area (Å²) in [5.41, 5.74) is 0. The van der Waals surface area contributed by atoms with Crippen molar-refractivity contribution in [2.75, 3.05) is 26.3 Å². The Balaban J connectivity index is 1.50. The van der Waals surface area contributed by atoms with Crippen LogP contribution in [0.4, 0.5) is 4.79 Å². The first-order valence-electron chi connectivity index (χ1n) is 7.79. The monoisotopic (exact) mass is 307 g/mol. The fraction of sp³-hybridized carbons (Fsp3) is 0.667. The van der Waals surface area contributed by atoms with E-state index in [9.17, 15) is 4.79 Å². The normalized spacial score (nSPS) is 23.1. The third-order valence-electron chi connectivity index (χ3n) is 3.91. The molecular formula is C15H21N3O4. The van der Waals surface area contributed by atoms with E-state index in [0.29, 0.717) is 32.2 Å². The SMILES string of the molecule is O=C(OC1CCOCC1)N1CCCC(Oc2cccnn2)C1. The van der Waals surface area contributed by atoms with Crippen molar-refractivity contribution >= 4 is 6.09 Å². The molecule has 120 valence electrons. The largest absolute Gasteiger partial charge is 0.471 e. The quantitative estimate of drug-likeness (QED) is 0.845. The lowest BCUT2D eigenvalue weighted by Gasteiger charge is -2.33. The lowest BCUT2D eigenvalue weighted by atomic mass is 10.1. The number of nitrogens with zero attached hydrogens (tertiary/aromatic N) is 3. The maximum absolute atomic E-state index is 12.2. The van der Waals surface area contributed by atoms with Gasteiger partial charge in [0.1, 0.15) is 12.2 Å². The van der Waals surface area contributed by atoms with E-state index in [1.807, 2.05) is 0 Å². The van der Waals surface area contributed by atoms with Crippen LogP contribution in [0.15, 0.2) is 18.3 Å². The topological polar surface area (TPSA) is 73.8 Å². The number of rotatable bonds is 3. The summed E-state index contributed by atoms with van der Waals surface area (Å²) in [5.74, 6) is 0.493. The molecule has 0 saturated carbocycles. The zero-order chi connectivity index (χ0) is 15.2. The second-order valence-corrected chi connectivity index (χ2v) is 5.59. The van der Waals surface area contributed by atoms with E-state index >= 15 is 0 Å². The van der Waals surface area contributed by atoms with E-state index in [1.54, 1.807) is 23.2 Å². The summed E-state index contributed by atoms with van der Waals surface area (Å²) in [6, 6.07) is 3.55. The zero-order valence-corrected chi connectivity index (χ0v) is 12.5. The summed E-state index contributed by atoms with van der Waals surface area (Å²) in [4.78, 5) is 14.0. The maximum atomic E-state index is 12.2. The highest BCUT2D eigenvalue weighted by Gasteiger charge is 2.28. The van der Waals surface area contributed by atoms with Crippen molar-refractivity contribution in [2.24, 2.45) is 0 Å². The number of carbonyl (C=O) groups is 1. The van der Waals surface area contributed by atoms with Gasteiger partial charge < -0.3 is 19.1 Å². The molecule has 0 bridgehead atoms. The number of piperidine rings is 1. The minimum Gasteiger partial charge on any atom is -0.471 e. The summed E-state index contributed by atoms with van der Waals surface area (Å²) in [5, 5.41) is 7.71. The predicted molar refractivity (Wildman–Crippen MR) is 77.6 cm³/mol. The second-order valence-electron chi connectivity index (χ2n) is 5.59. The molecule has 0 spiro atoms. The molecule has 0 radical (unpaired) electrons. The first kappa shape index (κ1) is 15.0. The molecule has 1 unspecified atom stereocenters. The molecule has 1 aromatic heterocycles. The molecule has 0 aromatic carbocycles. The Bertz CT molecular complexity index is 479. The molecule has 2 saturated heterocycles. The van der Waals surface area contributed by atoms with Gasteiger partial charge in [0.25, 0.3) is 0 Å². The third-order valence-corrected chi connectivity index (χ3v) is 3.91. The molecule has 1 amide bonds. The molecule has 2 fully saturated rings. The molecule has 3 rings (SSSR count). The van der Waals surface area contributed by atoms with Crippen LogP contribution in [-0.2, 0) is 9.47 Å². The van der Waals surface area contributed by atoms with Gasteiger partial charge in [-0.05, 0) is 18.9 Å². The van der Waals surface area contributed by atoms with Crippen LogP contribution in [0.25, 0.3) is 0 Å². The summed E-state index contributed by atoms with van der Waals surface area (Å²) < 4.78 is 16.6. The minimum atomic E-state index is -0.251. The molecule has 2 aliphatic heterocycles. The van der Waals surface area contributed by atoms with E-state index in [-0.39, 0.29) is 18.3 Å². The van der Waals surface area contributed by atoms with Crippen molar-refractivity contribution < 1.29 is 19.0 Å². The Kier molecular flexibility index (Phi) is 5.05. The average Bonchev–Trinajstić information content (AvgIpc) is 2.57. The lowest BCUT2D eigenvalue weighted by Crippen LogP contribution is -2.46. The van der Waals surface area contributed by atoms with Gasteiger partial charge in [-0.3, -0.25) is 0 Å². The first-order chi connectivity index (χ1) is 10.8. The molecule has 7 nitrogen and oxygen atoms in total. The van der Waals surface area contributed by atoms with Crippen LogP contribution < -0.4 is 4.74 Å². The predicted octanol–water partition coefficient (Wildman–Crippen LogP) is 1.64. The molecule has 22 heavy (non-hydrogen) atoms. The van der Waals surface area contributed by atoms with Crippen LogP contribution in [0.3, 0.4) is 0 Å². The van der Waals surface area contributed by atoms with E-state index in [4.69, 9.17) is 14.2 Å². The zero-order valence-electron chi connectivity index (χ0n) is 12.5. The molecule has 0 N–H and O–H groups in total. The van der Waals surface area contributed by atoms with Crippen molar-refractivity contribution in [3.63, 3.8) is 0 Å². The number of likely N-dealkylation sites (tertiary alicyclic amines) is 1. The van der Waals surface area contributed by atoms with Crippen molar-refractivity contribution in [2.45, 2.75) is 37.9 Å². The van der Waals surface area contributed by atoms with Crippen molar-refractivity contribution in [1.82, 2.24) is 15.1 Å². The van der Waals surface area contributed by atoms with Gasteiger partial charge >= 0.3 is 6.09 Å². The maximum Gasteiger partial charge on any atom is 0.410 e. The Morgan fingerprint density at radius 1 is 1.27 bits per heavy atom. The van der Waals surface area contributed by atoms with Crippen LogP contribution in [0.5, 0.6) is 5.88 Å². The minimum absolute atomic E-state index is 0.0254. The molecule has 1 aromatic rings. The van der Waals surface area contributed by atoms with Crippen LogP contribution in [-0.4, -0.2) is 59.7 Å². The number of hydrogen-bond acceptors (Lipinski definition) is 6. The van der Waals surface area contributed by atoms with Crippen LogP contribution in [0.1, 0.15) is 25.7 Å². The van der Waals surface area contributed by atoms with Gasteiger partial charge in [0.05, 0.1) is 19.8 Å². The number of aromatic nitrogens is 2.